The molecule has 1 amide bonds. The molecule has 0 aromatic heterocycles. The molecule has 0 heterocycles. The minimum atomic E-state index is -4.00. The molecular formula is C17H14ClNO4S. The van der Waals surface area contributed by atoms with E-state index in [-0.39, 0.29) is 10.7 Å². The normalized spacial score (nSPS) is 11.4. The van der Waals surface area contributed by atoms with Gasteiger partial charge in [-0.2, -0.15) is 0 Å². The van der Waals surface area contributed by atoms with E-state index in [1.807, 2.05) is 4.72 Å². The molecule has 1 N–H and O–H groups in total. The molecule has 0 atom stereocenters. The van der Waals surface area contributed by atoms with Gasteiger partial charge in [-0.3, -0.25) is 9.59 Å². The van der Waals surface area contributed by atoms with Crippen LogP contribution in [0.15, 0.2) is 59.5 Å². The Labute approximate surface area is 145 Å². The molecule has 0 aliphatic rings. The number of carbonyl (C=O) groups is 2. The van der Waals surface area contributed by atoms with Crippen LogP contribution >= 0.6 is 11.6 Å². The number of hydrogen-bond acceptors (Lipinski definition) is 4. The zero-order chi connectivity index (χ0) is 17.7. The van der Waals surface area contributed by atoms with Gasteiger partial charge in [-0.05, 0) is 42.8 Å². The van der Waals surface area contributed by atoms with Gasteiger partial charge in [0.05, 0.1) is 4.90 Å². The number of Topliss-reactive ketones (excluding diaryl/α,β-unsaturated/α-hetero) is 1. The van der Waals surface area contributed by atoms with E-state index in [0.717, 1.165) is 6.08 Å². The lowest BCUT2D eigenvalue weighted by Gasteiger charge is -2.05. The standard InChI is InChI=1S/C17H14ClNO4S/c1-12(20)14-6-8-16(9-7-14)24(22,23)19-17(21)10-5-13-3-2-4-15(18)11-13/h2-11H,1H3,(H,19,21)/b10-5+. The highest BCUT2D eigenvalue weighted by molar-refractivity contribution is 7.90. The zero-order valence-corrected chi connectivity index (χ0v) is 14.3. The maximum absolute atomic E-state index is 12.1. The third-order valence-corrected chi connectivity index (χ3v) is 4.68. The molecule has 0 saturated heterocycles. The molecular weight excluding hydrogens is 350 g/mol. The fraction of sp³-hybridized carbons (Fsp3) is 0.0588. The first-order chi connectivity index (χ1) is 11.3. The van der Waals surface area contributed by atoms with Crippen LogP contribution in [0.3, 0.4) is 0 Å². The molecule has 5 nitrogen and oxygen atoms in total. The Kier molecular flexibility index (Phi) is 5.54. The molecule has 0 saturated carbocycles. The monoisotopic (exact) mass is 363 g/mol. The van der Waals surface area contributed by atoms with Gasteiger partial charge in [0.15, 0.2) is 5.78 Å². The Morgan fingerprint density at radius 3 is 2.33 bits per heavy atom. The molecule has 0 unspecified atom stereocenters. The lowest BCUT2D eigenvalue weighted by Crippen LogP contribution is -2.29. The van der Waals surface area contributed by atoms with Crippen LogP contribution in [-0.4, -0.2) is 20.1 Å². The van der Waals surface area contributed by atoms with Crippen molar-refractivity contribution in [3.8, 4) is 0 Å². The molecule has 0 aliphatic heterocycles. The van der Waals surface area contributed by atoms with E-state index < -0.39 is 15.9 Å². The Balaban J connectivity index is 2.10. The summed E-state index contributed by atoms with van der Waals surface area (Å²) in [5, 5.41) is 0.510. The first-order valence-corrected chi connectivity index (χ1v) is 8.75. The topological polar surface area (TPSA) is 80.3 Å². The van der Waals surface area contributed by atoms with Gasteiger partial charge < -0.3 is 0 Å². The molecule has 0 radical (unpaired) electrons. The summed E-state index contributed by atoms with van der Waals surface area (Å²) >= 11 is 5.83. The van der Waals surface area contributed by atoms with Crippen LogP contribution in [0.2, 0.25) is 5.02 Å². The van der Waals surface area contributed by atoms with Crippen molar-refractivity contribution in [2.75, 3.05) is 0 Å². The average molecular weight is 364 g/mol. The minimum Gasteiger partial charge on any atom is -0.295 e. The van der Waals surface area contributed by atoms with Gasteiger partial charge in [-0.15, -0.1) is 0 Å². The second-order valence-electron chi connectivity index (χ2n) is 4.94. The fourth-order valence-electron chi connectivity index (χ4n) is 1.88. The predicted molar refractivity (Wildman–Crippen MR) is 92.3 cm³/mol. The van der Waals surface area contributed by atoms with Gasteiger partial charge in [-0.25, -0.2) is 13.1 Å². The highest BCUT2D eigenvalue weighted by Crippen LogP contribution is 2.13. The Bertz CT molecular complexity index is 902. The van der Waals surface area contributed by atoms with Crippen LogP contribution < -0.4 is 4.72 Å². The third kappa shape index (κ3) is 4.78. The second-order valence-corrected chi connectivity index (χ2v) is 7.06. The summed E-state index contributed by atoms with van der Waals surface area (Å²) in [6, 6.07) is 12.1. The summed E-state index contributed by atoms with van der Waals surface area (Å²) in [7, 11) is -4.00. The molecule has 2 rings (SSSR count). The molecule has 24 heavy (non-hydrogen) atoms. The number of benzene rings is 2. The SMILES string of the molecule is CC(=O)c1ccc(S(=O)(=O)NC(=O)/C=C/c2cccc(Cl)c2)cc1. The number of rotatable bonds is 5. The summed E-state index contributed by atoms with van der Waals surface area (Å²) in [5.74, 6) is -0.960. The third-order valence-electron chi connectivity index (χ3n) is 3.08. The van der Waals surface area contributed by atoms with E-state index >= 15 is 0 Å². The number of carbonyl (C=O) groups excluding carboxylic acids is 2. The number of ketones is 1. The molecule has 2 aromatic rings. The van der Waals surface area contributed by atoms with E-state index in [0.29, 0.717) is 16.1 Å². The van der Waals surface area contributed by atoms with E-state index in [2.05, 4.69) is 0 Å². The Morgan fingerprint density at radius 1 is 1.08 bits per heavy atom. The predicted octanol–water partition coefficient (Wildman–Crippen LogP) is 3.06. The van der Waals surface area contributed by atoms with Crippen LogP contribution in [0.1, 0.15) is 22.8 Å². The average Bonchev–Trinajstić information content (AvgIpc) is 2.53. The molecule has 0 fully saturated rings. The van der Waals surface area contributed by atoms with Crippen LogP contribution in [-0.2, 0) is 14.8 Å². The summed E-state index contributed by atoms with van der Waals surface area (Å²) in [5.41, 5.74) is 1.06. The second kappa shape index (κ2) is 7.42. The first-order valence-electron chi connectivity index (χ1n) is 6.89. The van der Waals surface area contributed by atoms with Crippen molar-refractivity contribution < 1.29 is 18.0 Å². The molecule has 0 spiro atoms. The zero-order valence-electron chi connectivity index (χ0n) is 12.7. The molecule has 0 aliphatic carbocycles. The molecule has 2 aromatic carbocycles. The van der Waals surface area contributed by atoms with Crippen molar-refractivity contribution in [1.82, 2.24) is 4.72 Å². The van der Waals surface area contributed by atoms with Crippen molar-refractivity contribution in [3.05, 3.63) is 70.8 Å². The van der Waals surface area contributed by atoms with Crippen molar-refractivity contribution >= 4 is 39.4 Å². The molecule has 7 heteroatoms. The summed E-state index contributed by atoms with van der Waals surface area (Å²) in [6.45, 7) is 1.38. The maximum atomic E-state index is 12.1. The van der Waals surface area contributed by atoms with E-state index in [1.54, 1.807) is 24.3 Å². The van der Waals surface area contributed by atoms with Gasteiger partial charge in [0.25, 0.3) is 15.9 Å². The fourth-order valence-corrected chi connectivity index (χ4v) is 3.02. The van der Waals surface area contributed by atoms with E-state index in [9.17, 15) is 18.0 Å². The Hall–Kier alpha value is -2.44. The largest absolute Gasteiger partial charge is 0.295 e. The van der Waals surface area contributed by atoms with Crippen molar-refractivity contribution in [1.29, 1.82) is 0 Å². The summed E-state index contributed by atoms with van der Waals surface area (Å²) in [4.78, 5) is 22.9. The van der Waals surface area contributed by atoms with Crippen LogP contribution in [0.5, 0.6) is 0 Å². The van der Waals surface area contributed by atoms with Crippen molar-refractivity contribution in [3.63, 3.8) is 0 Å². The summed E-state index contributed by atoms with van der Waals surface area (Å²) < 4.78 is 26.2. The van der Waals surface area contributed by atoms with Crippen LogP contribution in [0.4, 0.5) is 0 Å². The first kappa shape index (κ1) is 17.9. The van der Waals surface area contributed by atoms with E-state index in [1.165, 1.54) is 37.3 Å². The molecule has 124 valence electrons. The van der Waals surface area contributed by atoms with Crippen LogP contribution in [0.25, 0.3) is 6.08 Å². The molecule has 0 bridgehead atoms. The smallest absolute Gasteiger partial charge is 0.264 e. The number of hydrogen-bond donors (Lipinski definition) is 1. The number of halogens is 1. The summed E-state index contributed by atoms with van der Waals surface area (Å²) in [6.07, 6.45) is 2.56. The van der Waals surface area contributed by atoms with Crippen LogP contribution in [0, 0.1) is 0 Å². The lowest BCUT2D eigenvalue weighted by molar-refractivity contribution is -0.114. The number of nitrogens with one attached hydrogen (secondary N) is 1. The highest BCUT2D eigenvalue weighted by Gasteiger charge is 2.16. The highest BCUT2D eigenvalue weighted by atomic mass is 35.5. The van der Waals surface area contributed by atoms with Gasteiger partial charge in [0, 0.05) is 16.7 Å². The van der Waals surface area contributed by atoms with Gasteiger partial charge in [0.2, 0.25) is 0 Å². The van der Waals surface area contributed by atoms with Gasteiger partial charge in [-0.1, -0.05) is 35.9 Å². The lowest BCUT2D eigenvalue weighted by atomic mass is 10.2. The quantitative estimate of drug-likeness (QED) is 0.654. The minimum absolute atomic E-state index is 0.1000. The van der Waals surface area contributed by atoms with Gasteiger partial charge in [0.1, 0.15) is 0 Å². The van der Waals surface area contributed by atoms with Crippen molar-refractivity contribution in [2.24, 2.45) is 0 Å². The van der Waals surface area contributed by atoms with Crippen molar-refractivity contribution in [2.45, 2.75) is 11.8 Å². The number of sulfonamides is 1. The van der Waals surface area contributed by atoms with Gasteiger partial charge >= 0.3 is 0 Å². The van der Waals surface area contributed by atoms with E-state index in [4.69, 9.17) is 11.6 Å². The Morgan fingerprint density at radius 2 is 1.75 bits per heavy atom. The number of amides is 1. The maximum Gasteiger partial charge on any atom is 0.264 e.